The maximum Gasteiger partial charge on any atom is 0.273 e. The Balaban J connectivity index is 2.65. The van der Waals surface area contributed by atoms with Gasteiger partial charge in [0.15, 0.2) is 0 Å². The van der Waals surface area contributed by atoms with E-state index in [1.807, 2.05) is 0 Å². The topological polar surface area (TPSA) is 78.4 Å². The molecular weight excluding hydrogens is 244 g/mol. The number of carbonyl (C=O) groups excluding carboxylic acids is 1. The highest BCUT2D eigenvalue weighted by atomic mass is 16.3. The molecule has 19 heavy (non-hydrogen) atoms. The molecule has 0 saturated heterocycles. The van der Waals surface area contributed by atoms with Crippen LogP contribution in [0.4, 0.5) is 5.82 Å². The number of hydrogen-bond acceptors (Lipinski definition) is 5. The number of carbonyl (C=O) groups is 1. The predicted octanol–water partition coefficient (Wildman–Crippen LogP) is 1.14. The zero-order valence-corrected chi connectivity index (χ0v) is 11.8. The molecule has 0 bridgehead atoms. The van der Waals surface area contributed by atoms with Gasteiger partial charge in [-0.3, -0.25) is 9.78 Å². The maximum absolute atomic E-state index is 12.1. The Bertz CT molecular complexity index is 409. The molecule has 2 N–H and O–H groups in total. The number of nitrogens with zero attached hydrogens (tertiary/aromatic N) is 3. The van der Waals surface area contributed by atoms with Crippen molar-refractivity contribution in [2.45, 2.75) is 32.8 Å². The first-order chi connectivity index (χ1) is 9.04. The highest BCUT2D eigenvalue weighted by molar-refractivity contribution is 5.92. The van der Waals surface area contributed by atoms with Crippen LogP contribution in [0.15, 0.2) is 12.4 Å². The van der Waals surface area contributed by atoms with Gasteiger partial charge in [-0.1, -0.05) is 6.92 Å². The second-order valence-corrected chi connectivity index (χ2v) is 4.58. The molecule has 1 unspecified atom stereocenters. The molecule has 1 aromatic heterocycles. The van der Waals surface area contributed by atoms with Gasteiger partial charge in [0.25, 0.3) is 5.91 Å². The van der Waals surface area contributed by atoms with E-state index in [0.717, 1.165) is 13.0 Å². The molecule has 0 radical (unpaired) electrons. The number of amides is 1. The number of aliphatic hydroxyl groups excluding tert-OH is 1. The Morgan fingerprint density at radius 1 is 1.53 bits per heavy atom. The molecule has 1 atom stereocenters. The van der Waals surface area contributed by atoms with Crippen molar-refractivity contribution in [1.29, 1.82) is 0 Å². The molecule has 1 heterocycles. The van der Waals surface area contributed by atoms with E-state index < -0.39 is 6.10 Å². The summed E-state index contributed by atoms with van der Waals surface area (Å²) >= 11 is 0. The summed E-state index contributed by atoms with van der Waals surface area (Å²) in [5.41, 5.74) is 0.314. The van der Waals surface area contributed by atoms with Crippen molar-refractivity contribution in [3.05, 3.63) is 18.1 Å². The van der Waals surface area contributed by atoms with Gasteiger partial charge < -0.3 is 15.3 Å². The summed E-state index contributed by atoms with van der Waals surface area (Å²) in [5.74, 6) is 0.421. The summed E-state index contributed by atoms with van der Waals surface area (Å²) in [6.07, 6.45) is 4.16. The monoisotopic (exact) mass is 266 g/mol. The Labute approximate surface area is 113 Å². The quantitative estimate of drug-likeness (QED) is 0.774. The lowest BCUT2D eigenvalue weighted by Gasteiger charge is -2.17. The van der Waals surface area contributed by atoms with Crippen molar-refractivity contribution in [1.82, 2.24) is 14.9 Å². The first kappa shape index (κ1) is 15.4. The summed E-state index contributed by atoms with van der Waals surface area (Å²) in [7, 11) is 1.69. The molecular formula is C13H22N4O2. The third-order valence-electron chi connectivity index (χ3n) is 2.64. The number of aromatic nitrogens is 2. The Morgan fingerprint density at radius 2 is 2.26 bits per heavy atom. The number of aliphatic hydroxyl groups is 1. The van der Waals surface area contributed by atoms with Gasteiger partial charge in [0.1, 0.15) is 11.5 Å². The van der Waals surface area contributed by atoms with E-state index in [1.165, 1.54) is 6.20 Å². The molecule has 0 fully saturated rings. The molecule has 1 aromatic rings. The minimum atomic E-state index is -0.418. The molecule has 0 aliphatic carbocycles. The van der Waals surface area contributed by atoms with Gasteiger partial charge >= 0.3 is 0 Å². The van der Waals surface area contributed by atoms with E-state index in [-0.39, 0.29) is 5.91 Å². The second kappa shape index (κ2) is 7.68. The lowest BCUT2D eigenvalue weighted by atomic mass is 10.2. The number of rotatable bonds is 7. The maximum atomic E-state index is 12.1. The normalized spacial score (nSPS) is 12.0. The van der Waals surface area contributed by atoms with Crippen molar-refractivity contribution in [3.8, 4) is 0 Å². The van der Waals surface area contributed by atoms with Crippen molar-refractivity contribution >= 4 is 11.7 Å². The highest BCUT2D eigenvalue weighted by Gasteiger charge is 2.14. The molecule has 0 saturated carbocycles. The average molecular weight is 266 g/mol. The fraction of sp³-hybridized carbons (Fsp3) is 0.615. The van der Waals surface area contributed by atoms with Gasteiger partial charge in [0.05, 0.1) is 18.5 Å². The number of anilines is 1. The van der Waals surface area contributed by atoms with Crippen LogP contribution in [0.2, 0.25) is 0 Å². The van der Waals surface area contributed by atoms with Crippen molar-refractivity contribution in [2.75, 3.05) is 25.5 Å². The van der Waals surface area contributed by atoms with E-state index >= 15 is 0 Å². The summed E-state index contributed by atoms with van der Waals surface area (Å²) in [4.78, 5) is 21.9. The standard InChI is InChI=1S/C13H22N4O2/c1-4-6-15-12-9-14-8-11(16-12)13(19)17(3)7-5-10(2)18/h8-10,18H,4-7H2,1-3H3,(H,15,16). The van der Waals surface area contributed by atoms with Crippen LogP contribution in [-0.2, 0) is 0 Å². The Hall–Kier alpha value is -1.69. The van der Waals surface area contributed by atoms with Crippen LogP contribution in [0.5, 0.6) is 0 Å². The predicted molar refractivity (Wildman–Crippen MR) is 74.1 cm³/mol. The van der Waals surface area contributed by atoms with Gasteiger partial charge in [0, 0.05) is 20.1 Å². The van der Waals surface area contributed by atoms with E-state index in [0.29, 0.717) is 24.5 Å². The van der Waals surface area contributed by atoms with Crippen LogP contribution in [0.1, 0.15) is 37.2 Å². The smallest absolute Gasteiger partial charge is 0.273 e. The molecule has 0 aliphatic heterocycles. The third-order valence-corrected chi connectivity index (χ3v) is 2.64. The lowest BCUT2D eigenvalue weighted by Crippen LogP contribution is -2.30. The van der Waals surface area contributed by atoms with Crippen LogP contribution in [0.3, 0.4) is 0 Å². The van der Waals surface area contributed by atoms with Gasteiger partial charge in [-0.25, -0.2) is 4.98 Å². The van der Waals surface area contributed by atoms with Gasteiger partial charge in [-0.15, -0.1) is 0 Å². The zero-order chi connectivity index (χ0) is 14.3. The van der Waals surface area contributed by atoms with Crippen LogP contribution in [0.25, 0.3) is 0 Å². The molecule has 1 amide bonds. The third kappa shape index (κ3) is 5.21. The van der Waals surface area contributed by atoms with Gasteiger partial charge in [-0.05, 0) is 19.8 Å². The van der Waals surface area contributed by atoms with Crippen molar-refractivity contribution < 1.29 is 9.90 Å². The fourth-order valence-electron chi connectivity index (χ4n) is 1.48. The summed E-state index contributed by atoms with van der Waals surface area (Å²) < 4.78 is 0. The number of hydrogen-bond donors (Lipinski definition) is 2. The molecule has 0 aliphatic rings. The van der Waals surface area contributed by atoms with Crippen LogP contribution in [-0.4, -0.2) is 52.1 Å². The average Bonchev–Trinajstić information content (AvgIpc) is 2.41. The molecule has 0 aromatic carbocycles. The fourth-order valence-corrected chi connectivity index (χ4v) is 1.48. The highest BCUT2D eigenvalue weighted by Crippen LogP contribution is 2.05. The molecule has 1 rings (SSSR count). The Morgan fingerprint density at radius 3 is 2.89 bits per heavy atom. The van der Waals surface area contributed by atoms with Gasteiger partial charge in [0.2, 0.25) is 0 Å². The second-order valence-electron chi connectivity index (χ2n) is 4.58. The van der Waals surface area contributed by atoms with Crippen LogP contribution >= 0.6 is 0 Å². The van der Waals surface area contributed by atoms with Gasteiger partial charge in [-0.2, -0.15) is 0 Å². The summed E-state index contributed by atoms with van der Waals surface area (Å²) in [6, 6.07) is 0. The largest absolute Gasteiger partial charge is 0.393 e. The number of nitrogens with one attached hydrogen (secondary N) is 1. The minimum absolute atomic E-state index is 0.187. The SMILES string of the molecule is CCCNc1cncc(C(=O)N(C)CCC(C)O)n1. The molecule has 6 heteroatoms. The van der Waals surface area contributed by atoms with Crippen molar-refractivity contribution in [3.63, 3.8) is 0 Å². The van der Waals surface area contributed by atoms with Crippen LogP contribution in [0, 0.1) is 0 Å². The summed E-state index contributed by atoms with van der Waals surface area (Å²) in [6.45, 7) is 5.04. The minimum Gasteiger partial charge on any atom is -0.393 e. The molecule has 106 valence electrons. The van der Waals surface area contributed by atoms with Crippen LogP contribution < -0.4 is 5.32 Å². The van der Waals surface area contributed by atoms with E-state index in [1.54, 1.807) is 25.1 Å². The van der Waals surface area contributed by atoms with Crippen molar-refractivity contribution in [2.24, 2.45) is 0 Å². The lowest BCUT2D eigenvalue weighted by molar-refractivity contribution is 0.0763. The Kier molecular flexibility index (Phi) is 6.21. The zero-order valence-electron chi connectivity index (χ0n) is 11.8. The first-order valence-electron chi connectivity index (χ1n) is 6.54. The van der Waals surface area contributed by atoms with E-state index in [2.05, 4.69) is 22.2 Å². The summed E-state index contributed by atoms with van der Waals surface area (Å²) in [5, 5.41) is 12.3. The molecule has 0 spiro atoms. The van der Waals surface area contributed by atoms with E-state index in [9.17, 15) is 9.90 Å². The van der Waals surface area contributed by atoms with E-state index in [4.69, 9.17) is 0 Å². The molecule has 6 nitrogen and oxygen atoms in total. The first-order valence-corrected chi connectivity index (χ1v) is 6.54.